The molecule has 0 spiro atoms. The average Bonchev–Trinajstić information content (AvgIpc) is 3.17. The molecule has 34 heavy (non-hydrogen) atoms. The number of nitrogens with one attached hydrogen (secondary N) is 3. The molecule has 10 heteroatoms. The zero-order chi connectivity index (χ0) is 24.3. The maximum Gasteiger partial charge on any atom is 0.323 e. The molecule has 0 aliphatic heterocycles. The summed E-state index contributed by atoms with van der Waals surface area (Å²) >= 11 is 5.87. The van der Waals surface area contributed by atoms with Crippen molar-refractivity contribution in [3.63, 3.8) is 0 Å². The molecule has 1 heterocycles. The standard InChI is InChI=1S/C24H23ClN4O4S/c1-15-8-11-20(14-21(15)34(31,32)29-19-12-9-18(25)10-13-19)26-24(30)27-22-16(2)33-28-23(22)17-6-4-3-5-7-17/h3-4,6,8-14,29H,5,7H2,1-2H3,(H2,26,27,30). The van der Waals surface area contributed by atoms with Gasteiger partial charge in [-0.3, -0.25) is 4.72 Å². The fourth-order valence-corrected chi connectivity index (χ4v) is 4.97. The molecular formula is C24H23ClN4O4S. The minimum absolute atomic E-state index is 0.0428. The maximum atomic E-state index is 13.0. The van der Waals surface area contributed by atoms with Crippen molar-refractivity contribution in [1.82, 2.24) is 5.16 Å². The van der Waals surface area contributed by atoms with Crippen LogP contribution in [0.2, 0.25) is 5.02 Å². The number of rotatable bonds is 6. The number of amides is 2. The lowest BCUT2D eigenvalue weighted by Crippen LogP contribution is -2.21. The van der Waals surface area contributed by atoms with Crippen molar-refractivity contribution in [2.24, 2.45) is 0 Å². The quantitative estimate of drug-likeness (QED) is 0.378. The van der Waals surface area contributed by atoms with Crippen LogP contribution in [0.25, 0.3) is 5.57 Å². The van der Waals surface area contributed by atoms with Gasteiger partial charge in [-0.15, -0.1) is 0 Å². The first kappa shape index (κ1) is 23.6. The van der Waals surface area contributed by atoms with Crippen molar-refractivity contribution in [3.8, 4) is 0 Å². The summed E-state index contributed by atoms with van der Waals surface area (Å²) < 4.78 is 33.7. The summed E-state index contributed by atoms with van der Waals surface area (Å²) in [4.78, 5) is 12.8. The van der Waals surface area contributed by atoms with Gasteiger partial charge in [-0.25, -0.2) is 13.2 Å². The van der Waals surface area contributed by atoms with Crippen LogP contribution in [0.3, 0.4) is 0 Å². The Balaban J connectivity index is 1.52. The summed E-state index contributed by atoms with van der Waals surface area (Å²) in [6, 6.07) is 10.4. The van der Waals surface area contributed by atoms with E-state index in [2.05, 4.69) is 26.6 Å². The number of halogens is 1. The summed E-state index contributed by atoms with van der Waals surface area (Å²) in [6.07, 6.45) is 7.61. The summed E-state index contributed by atoms with van der Waals surface area (Å²) in [5, 5.41) is 10.0. The van der Waals surface area contributed by atoms with E-state index in [1.807, 2.05) is 12.2 Å². The number of urea groups is 1. The molecule has 2 amide bonds. The van der Waals surface area contributed by atoms with Gasteiger partial charge in [-0.1, -0.05) is 41.1 Å². The molecule has 2 aromatic carbocycles. The van der Waals surface area contributed by atoms with Crippen LogP contribution < -0.4 is 15.4 Å². The molecule has 1 aromatic heterocycles. The minimum Gasteiger partial charge on any atom is -0.359 e. The zero-order valence-electron chi connectivity index (χ0n) is 18.6. The van der Waals surface area contributed by atoms with Gasteiger partial charge in [-0.2, -0.15) is 0 Å². The molecule has 0 bridgehead atoms. The number of sulfonamides is 1. The fourth-order valence-electron chi connectivity index (χ4n) is 3.51. The largest absolute Gasteiger partial charge is 0.359 e. The maximum absolute atomic E-state index is 13.0. The molecule has 3 N–H and O–H groups in total. The summed E-state index contributed by atoms with van der Waals surface area (Å²) in [7, 11) is -3.90. The van der Waals surface area contributed by atoms with Gasteiger partial charge in [0.25, 0.3) is 10.0 Å². The molecule has 1 aliphatic carbocycles. The lowest BCUT2D eigenvalue weighted by Gasteiger charge is -2.14. The Kier molecular flexibility index (Phi) is 6.76. The first-order valence-electron chi connectivity index (χ1n) is 10.5. The lowest BCUT2D eigenvalue weighted by atomic mass is 10.0. The van der Waals surface area contributed by atoms with Crippen molar-refractivity contribution in [3.05, 3.63) is 82.7 Å². The highest BCUT2D eigenvalue weighted by Crippen LogP contribution is 2.31. The molecule has 1 aliphatic rings. The zero-order valence-corrected chi connectivity index (χ0v) is 20.1. The van der Waals surface area contributed by atoms with E-state index in [0.717, 1.165) is 18.4 Å². The Bertz CT molecular complexity index is 1390. The normalized spacial score (nSPS) is 13.3. The third-order valence-electron chi connectivity index (χ3n) is 5.25. The van der Waals surface area contributed by atoms with Gasteiger partial charge in [0.2, 0.25) is 0 Å². The van der Waals surface area contributed by atoms with E-state index in [0.29, 0.717) is 39.1 Å². The topological polar surface area (TPSA) is 113 Å². The molecule has 3 aromatic rings. The van der Waals surface area contributed by atoms with Gasteiger partial charge in [-0.05, 0) is 74.2 Å². The van der Waals surface area contributed by atoms with Crippen molar-refractivity contribution in [2.75, 3.05) is 15.4 Å². The fraction of sp³-hybridized carbons (Fsp3) is 0.167. The SMILES string of the molecule is Cc1ccc(NC(=O)Nc2c(C3=CC=CCC3)noc2C)cc1S(=O)(=O)Nc1ccc(Cl)cc1. The van der Waals surface area contributed by atoms with E-state index >= 15 is 0 Å². The van der Waals surface area contributed by atoms with Crippen LogP contribution in [0.1, 0.15) is 29.9 Å². The number of aromatic nitrogens is 1. The van der Waals surface area contributed by atoms with E-state index in [1.165, 1.54) is 6.07 Å². The second-order valence-corrected chi connectivity index (χ2v) is 9.88. The molecule has 4 rings (SSSR count). The predicted octanol–water partition coefficient (Wildman–Crippen LogP) is 6.12. The van der Waals surface area contributed by atoms with Crippen molar-refractivity contribution < 1.29 is 17.7 Å². The van der Waals surface area contributed by atoms with Gasteiger partial charge in [0.05, 0.1) is 4.90 Å². The van der Waals surface area contributed by atoms with Crippen molar-refractivity contribution in [1.29, 1.82) is 0 Å². The van der Waals surface area contributed by atoms with Crippen molar-refractivity contribution in [2.45, 2.75) is 31.6 Å². The van der Waals surface area contributed by atoms with E-state index < -0.39 is 16.1 Å². The third kappa shape index (κ3) is 5.32. The summed E-state index contributed by atoms with van der Waals surface area (Å²) in [5.74, 6) is 0.472. The number of aryl methyl sites for hydroxylation is 2. The van der Waals surface area contributed by atoms with Crippen LogP contribution in [0.15, 0.2) is 70.1 Å². The van der Waals surface area contributed by atoms with E-state index in [-0.39, 0.29) is 4.90 Å². The van der Waals surface area contributed by atoms with E-state index in [4.69, 9.17) is 16.1 Å². The highest BCUT2D eigenvalue weighted by molar-refractivity contribution is 7.92. The number of carbonyl (C=O) groups is 1. The highest BCUT2D eigenvalue weighted by Gasteiger charge is 2.21. The highest BCUT2D eigenvalue weighted by atomic mass is 35.5. The number of benzene rings is 2. The van der Waals surface area contributed by atoms with Crippen LogP contribution in [0.5, 0.6) is 0 Å². The number of carbonyl (C=O) groups excluding carboxylic acids is 1. The van der Waals surface area contributed by atoms with Gasteiger partial charge in [0.1, 0.15) is 11.4 Å². The predicted molar refractivity (Wildman–Crippen MR) is 134 cm³/mol. The Labute approximate surface area is 202 Å². The van der Waals surface area contributed by atoms with Crippen LogP contribution in [0, 0.1) is 13.8 Å². The molecule has 0 saturated carbocycles. The lowest BCUT2D eigenvalue weighted by molar-refractivity contribution is 0.262. The third-order valence-corrected chi connectivity index (χ3v) is 7.03. The second-order valence-electron chi connectivity index (χ2n) is 7.79. The average molecular weight is 499 g/mol. The van der Waals surface area contributed by atoms with Crippen LogP contribution in [0.4, 0.5) is 21.9 Å². The number of hydrogen-bond donors (Lipinski definition) is 3. The Morgan fingerprint density at radius 2 is 1.79 bits per heavy atom. The minimum atomic E-state index is -3.90. The van der Waals surface area contributed by atoms with Crippen LogP contribution in [-0.4, -0.2) is 19.6 Å². The first-order valence-corrected chi connectivity index (χ1v) is 12.4. The van der Waals surface area contributed by atoms with E-state index in [1.54, 1.807) is 50.2 Å². The van der Waals surface area contributed by atoms with Gasteiger partial charge in [0.15, 0.2) is 5.76 Å². The molecular weight excluding hydrogens is 476 g/mol. The van der Waals surface area contributed by atoms with Gasteiger partial charge < -0.3 is 15.2 Å². The Morgan fingerprint density at radius 1 is 1.06 bits per heavy atom. The summed E-state index contributed by atoms with van der Waals surface area (Å²) in [5.41, 5.74) is 3.24. The van der Waals surface area contributed by atoms with Gasteiger partial charge >= 0.3 is 6.03 Å². The number of nitrogens with zero attached hydrogens (tertiary/aromatic N) is 1. The molecule has 0 fully saturated rings. The Morgan fingerprint density at radius 3 is 2.50 bits per heavy atom. The first-order chi connectivity index (χ1) is 16.2. The monoisotopic (exact) mass is 498 g/mol. The van der Waals surface area contributed by atoms with Gasteiger partial charge in [0, 0.05) is 16.4 Å². The molecule has 0 unspecified atom stereocenters. The number of anilines is 3. The van der Waals surface area contributed by atoms with E-state index in [9.17, 15) is 13.2 Å². The smallest absolute Gasteiger partial charge is 0.323 e. The van der Waals surface area contributed by atoms with Crippen molar-refractivity contribution >= 4 is 50.3 Å². The summed E-state index contributed by atoms with van der Waals surface area (Å²) in [6.45, 7) is 3.39. The molecule has 176 valence electrons. The molecule has 0 atom stereocenters. The molecule has 0 saturated heterocycles. The van der Waals surface area contributed by atoms with Crippen LogP contribution >= 0.6 is 11.6 Å². The second kappa shape index (κ2) is 9.74. The Hall–Kier alpha value is -3.56. The number of allylic oxidation sites excluding steroid dienone is 4. The molecule has 8 nitrogen and oxygen atoms in total. The number of hydrogen-bond acceptors (Lipinski definition) is 5. The van der Waals surface area contributed by atoms with Crippen LogP contribution in [-0.2, 0) is 10.0 Å². The molecule has 0 radical (unpaired) electrons.